The quantitative estimate of drug-likeness (QED) is 0.545. The number of nitrogens with one attached hydrogen (secondary N) is 2. The first-order chi connectivity index (χ1) is 15.6. The van der Waals surface area contributed by atoms with E-state index in [0.717, 1.165) is 42.9 Å². The molecule has 2 saturated heterocycles. The summed E-state index contributed by atoms with van der Waals surface area (Å²) in [5, 5.41) is 11.6. The summed E-state index contributed by atoms with van der Waals surface area (Å²) >= 11 is 6.40. The van der Waals surface area contributed by atoms with Gasteiger partial charge in [0.05, 0.1) is 35.2 Å². The van der Waals surface area contributed by atoms with Gasteiger partial charge >= 0.3 is 0 Å². The molecule has 9 nitrogen and oxygen atoms in total. The molecule has 0 spiro atoms. The molecule has 0 aliphatic carbocycles. The van der Waals surface area contributed by atoms with Crippen molar-refractivity contribution in [2.24, 2.45) is 5.73 Å². The number of halogens is 1. The van der Waals surface area contributed by atoms with E-state index in [9.17, 15) is 4.79 Å². The minimum absolute atomic E-state index is 0.0404. The summed E-state index contributed by atoms with van der Waals surface area (Å²) in [6.45, 7) is 2.64. The molecule has 1 amide bonds. The highest BCUT2D eigenvalue weighted by Gasteiger charge is 2.29. The van der Waals surface area contributed by atoms with Crippen molar-refractivity contribution in [2.45, 2.75) is 31.3 Å². The van der Waals surface area contributed by atoms with Crippen molar-refractivity contribution in [2.75, 3.05) is 29.9 Å². The largest absolute Gasteiger partial charge is 0.324 e. The number of hydrogen-bond acceptors (Lipinski definition) is 7. The van der Waals surface area contributed by atoms with Gasteiger partial charge in [0.2, 0.25) is 11.9 Å². The number of aromatic nitrogens is 4. The third kappa shape index (κ3) is 4.19. The van der Waals surface area contributed by atoms with Gasteiger partial charge in [-0.05, 0) is 56.6 Å². The zero-order chi connectivity index (χ0) is 22.1. The molecule has 2 aliphatic heterocycles. The number of piperidine rings is 1. The van der Waals surface area contributed by atoms with Gasteiger partial charge < -0.3 is 21.3 Å². The zero-order valence-corrected chi connectivity index (χ0v) is 18.3. The summed E-state index contributed by atoms with van der Waals surface area (Å²) in [7, 11) is 0. The first-order valence-corrected chi connectivity index (χ1v) is 11.2. The maximum atomic E-state index is 12.1. The van der Waals surface area contributed by atoms with E-state index in [0.29, 0.717) is 35.7 Å². The van der Waals surface area contributed by atoms with Gasteiger partial charge in [0, 0.05) is 29.7 Å². The van der Waals surface area contributed by atoms with Crippen LogP contribution in [0.15, 0.2) is 42.9 Å². The fraction of sp³-hybridized carbons (Fsp3) is 0.364. The van der Waals surface area contributed by atoms with Crippen LogP contribution in [0.2, 0.25) is 5.02 Å². The van der Waals surface area contributed by atoms with E-state index in [2.05, 4.69) is 25.7 Å². The van der Waals surface area contributed by atoms with Gasteiger partial charge in [-0.1, -0.05) is 11.6 Å². The second kappa shape index (κ2) is 8.85. The van der Waals surface area contributed by atoms with Crippen LogP contribution < -0.4 is 21.3 Å². The van der Waals surface area contributed by atoms with Crippen LogP contribution in [0, 0.1) is 0 Å². The van der Waals surface area contributed by atoms with E-state index >= 15 is 0 Å². The number of anilines is 3. The third-order valence-electron chi connectivity index (χ3n) is 5.98. The van der Waals surface area contributed by atoms with Crippen LogP contribution in [-0.4, -0.2) is 51.3 Å². The van der Waals surface area contributed by atoms with Crippen molar-refractivity contribution in [3.63, 3.8) is 0 Å². The van der Waals surface area contributed by atoms with E-state index in [1.165, 1.54) is 0 Å². The number of nitrogens with two attached hydrogens (primary N) is 1. The average molecular weight is 453 g/mol. The van der Waals surface area contributed by atoms with Crippen LogP contribution >= 0.6 is 11.6 Å². The Morgan fingerprint density at radius 3 is 2.62 bits per heavy atom. The van der Waals surface area contributed by atoms with Gasteiger partial charge in [0.1, 0.15) is 0 Å². The van der Waals surface area contributed by atoms with Crippen molar-refractivity contribution in [1.82, 2.24) is 25.1 Å². The molecule has 0 bridgehead atoms. The van der Waals surface area contributed by atoms with Gasteiger partial charge in [-0.15, -0.1) is 0 Å². The van der Waals surface area contributed by atoms with Gasteiger partial charge in [-0.25, -0.2) is 9.97 Å². The highest BCUT2D eigenvalue weighted by molar-refractivity contribution is 6.32. The Hall–Kier alpha value is -3.01. The lowest BCUT2D eigenvalue weighted by atomic mass is 10.1. The topological polar surface area (TPSA) is 114 Å². The standard InChI is InChI=1S/C22H25ClN8O/c23-18-12-26-22(28-15-1-3-16(4-2-15)30-10-7-19(24)21(30)32)29-20(18)14-11-27-31(13-14)17-5-8-25-9-6-17/h1-4,11-13,17,19,25H,5-10,24H2,(H,26,28,29). The van der Waals surface area contributed by atoms with Crippen LogP contribution in [0.5, 0.6) is 0 Å². The SMILES string of the molecule is NC1CCN(c2ccc(Nc3ncc(Cl)c(-c4cnn(C5CCNCC5)c4)n3)cc2)C1=O. The fourth-order valence-electron chi connectivity index (χ4n) is 4.17. The number of hydrogen-bond donors (Lipinski definition) is 3. The molecule has 166 valence electrons. The minimum atomic E-state index is -0.409. The predicted molar refractivity (Wildman–Crippen MR) is 124 cm³/mol. The van der Waals surface area contributed by atoms with E-state index in [1.807, 2.05) is 35.1 Å². The van der Waals surface area contributed by atoms with Gasteiger partial charge in [-0.3, -0.25) is 9.48 Å². The molecular formula is C22H25ClN8O. The van der Waals surface area contributed by atoms with E-state index in [4.69, 9.17) is 17.3 Å². The summed E-state index contributed by atoms with van der Waals surface area (Å²) in [5.41, 5.74) is 8.95. The van der Waals surface area contributed by atoms with Crippen molar-refractivity contribution in [1.29, 1.82) is 0 Å². The number of benzene rings is 1. The Bertz CT molecular complexity index is 1110. The molecule has 2 fully saturated rings. The Balaban J connectivity index is 1.32. The first-order valence-electron chi connectivity index (χ1n) is 10.8. The van der Waals surface area contributed by atoms with E-state index < -0.39 is 6.04 Å². The average Bonchev–Trinajstić information content (AvgIpc) is 3.44. The molecule has 1 atom stereocenters. The van der Waals surface area contributed by atoms with Gasteiger partial charge in [0.15, 0.2) is 0 Å². The van der Waals surface area contributed by atoms with Crippen molar-refractivity contribution < 1.29 is 4.79 Å². The van der Waals surface area contributed by atoms with Crippen molar-refractivity contribution in [3.8, 4) is 11.3 Å². The normalized spacial score (nSPS) is 19.5. The predicted octanol–water partition coefficient (Wildman–Crippen LogP) is 2.73. The molecule has 1 aromatic carbocycles. The van der Waals surface area contributed by atoms with E-state index in [-0.39, 0.29) is 5.91 Å². The Kier molecular flexibility index (Phi) is 5.77. The summed E-state index contributed by atoms with van der Waals surface area (Å²) < 4.78 is 2.01. The lowest BCUT2D eigenvalue weighted by molar-refractivity contribution is -0.118. The number of rotatable bonds is 5. The Morgan fingerprint density at radius 1 is 1.12 bits per heavy atom. The fourth-order valence-corrected chi connectivity index (χ4v) is 4.37. The van der Waals surface area contributed by atoms with Crippen LogP contribution in [0.1, 0.15) is 25.3 Å². The molecule has 4 N–H and O–H groups in total. The number of nitrogens with zero attached hydrogens (tertiary/aromatic N) is 5. The number of amides is 1. The minimum Gasteiger partial charge on any atom is -0.324 e. The van der Waals surface area contributed by atoms with Crippen LogP contribution in [0.4, 0.5) is 17.3 Å². The highest BCUT2D eigenvalue weighted by atomic mass is 35.5. The van der Waals surface area contributed by atoms with Crippen LogP contribution in [0.25, 0.3) is 11.3 Å². The van der Waals surface area contributed by atoms with Crippen molar-refractivity contribution in [3.05, 3.63) is 47.9 Å². The maximum absolute atomic E-state index is 12.1. The maximum Gasteiger partial charge on any atom is 0.243 e. The zero-order valence-electron chi connectivity index (χ0n) is 17.5. The smallest absolute Gasteiger partial charge is 0.243 e. The van der Waals surface area contributed by atoms with Crippen LogP contribution in [0.3, 0.4) is 0 Å². The molecule has 1 unspecified atom stereocenters. The third-order valence-corrected chi connectivity index (χ3v) is 6.26. The summed E-state index contributed by atoms with van der Waals surface area (Å²) in [6.07, 6.45) is 8.17. The summed E-state index contributed by atoms with van der Waals surface area (Å²) in [6, 6.07) is 7.53. The summed E-state index contributed by atoms with van der Waals surface area (Å²) in [5.74, 6) is 0.396. The Morgan fingerprint density at radius 2 is 1.91 bits per heavy atom. The molecule has 5 rings (SSSR count). The summed E-state index contributed by atoms with van der Waals surface area (Å²) in [4.78, 5) is 22.8. The van der Waals surface area contributed by atoms with Crippen LogP contribution in [-0.2, 0) is 4.79 Å². The van der Waals surface area contributed by atoms with Gasteiger partial charge in [0.25, 0.3) is 0 Å². The monoisotopic (exact) mass is 452 g/mol. The molecule has 3 aromatic rings. The molecule has 4 heterocycles. The molecule has 10 heteroatoms. The number of carbonyl (C=O) groups excluding carboxylic acids is 1. The molecular weight excluding hydrogens is 428 g/mol. The highest BCUT2D eigenvalue weighted by Crippen LogP contribution is 2.29. The van der Waals surface area contributed by atoms with Gasteiger partial charge in [-0.2, -0.15) is 5.10 Å². The molecule has 2 aromatic heterocycles. The lowest BCUT2D eigenvalue weighted by Crippen LogP contribution is -2.33. The second-order valence-electron chi connectivity index (χ2n) is 8.14. The molecule has 0 radical (unpaired) electrons. The molecule has 0 saturated carbocycles. The van der Waals surface area contributed by atoms with Crippen molar-refractivity contribution >= 4 is 34.8 Å². The molecule has 32 heavy (non-hydrogen) atoms. The second-order valence-corrected chi connectivity index (χ2v) is 8.54. The number of carbonyl (C=O) groups is 1. The lowest BCUT2D eigenvalue weighted by Gasteiger charge is -2.22. The Labute approximate surface area is 191 Å². The first kappa shape index (κ1) is 20.9. The molecule has 2 aliphatic rings. The van der Waals surface area contributed by atoms with E-state index in [1.54, 1.807) is 17.3 Å².